The van der Waals surface area contributed by atoms with E-state index in [-0.39, 0.29) is 42.1 Å². The van der Waals surface area contributed by atoms with E-state index in [2.05, 4.69) is 61.2 Å². The van der Waals surface area contributed by atoms with Gasteiger partial charge in [0.25, 0.3) is 25.8 Å². The van der Waals surface area contributed by atoms with Crippen LogP contribution in [0, 0.1) is 11.2 Å². The largest absolute Gasteiger partial charge is 0.501 e. The fraction of sp³-hybridized carbons (Fsp3) is 0.404. The molecular weight excluding hydrogens is 1130 g/mol. The van der Waals surface area contributed by atoms with Gasteiger partial charge in [0.1, 0.15) is 16.5 Å². The molecule has 4 heterocycles. The summed E-state index contributed by atoms with van der Waals surface area (Å²) in [5, 5.41) is 5.96. The maximum absolute atomic E-state index is 14.5. The number of hydrogen-bond acceptors (Lipinski definition) is 14. The van der Waals surface area contributed by atoms with Crippen LogP contribution in [0.1, 0.15) is 67.4 Å². The highest BCUT2D eigenvalue weighted by Gasteiger charge is 2.48. The van der Waals surface area contributed by atoms with Crippen molar-refractivity contribution in [3.8, 4) is 0 Å². The van der Waals surface area contributed by atoms with Crippen LogP contribution in [0.15, 0.2) is 130 Å². The molecule has 432 valence electrons. The van der Waals surface area contributed by atoms with Crippen molar-refractivity contribution in [1.29, 1.82) is 0 Å². The third kappa shape index (κ3) is 15.0. The minimum Gasteiger partial charge on any atom is -0.380 e. The molecular formula is C57H64ClF4N9O7S3. The van der Waals surface area contributed by atoms with Gasteiger partial charge in [0.2, 0.25) is 5.91 Å². The number of urea groups is 1. The van der Waals surface area contributed by atoms with Crippen LogP contribution in [0.4, 0.5) is 39.5 Å². The second kappa shape index (κ2) is 25.2. The number of sulfonamides is 1. The van der Waals surface area contributed by atoms with E-state index in [1.165, 1.54) is 51.6 Å². The summed E-state index contributed by atoms with van der Waals surface area (Å²) in [4.78, 5) is 50.9. The van der Waals surface area contributed by atoms with E-state index >= 15 is 0 Å². The van der Waals surface area contributed by atoms with Gasteiger partial charge in [0.05, 0.1) is 16.8 Å². The number of rotatable bonds is 19. The van der Waals surface area contributed by atoms with Crippen molar-refractivity contribution in [1.82, 2.24) is 29.7 Å². The molecule has 3 saturated heterocycles. The summed E-state index contributed by atoms with van der Waals surface area (Å²) in [6.07, 6.45) is 4.50. The first-order chi connectivity index (χ1) is 38.5. The number of hydrogen-bond donors (Lipinski definition) is 3. The second-order valence-corrected chi connectivity index (χ2v) is 26.7. The summed E-state index contributed by atoms with van der Waals surface area (Å²) in [6.45, 7) is 11.4. The lowest BCUT2D eigenvalue weighted by atomic mass is 9.73. The van der Waals surface area contributed by atoms with Gasteiger partial charge in [0, 0.05) is 123 Å². The van der Waals surface area contributed by atoms with E-state index in [0.717, 1.165) is 67.8 Å². The number of alkyl halides is 3. The third-order valence-corrected chi connectivity index (χ3v) is 19.4. The number of carbonyl (C=O) groups is 3. The molecule has 5 aromatic rings. The lowest BCUT2D eigenvalue weighted by Crippen LogP contribution is -2.50. The monoisotopic (exact) mass is 1190 g/mol. The third-order valence-electron chi connectivity index (χ3n) is 15.2. The number of aromatic nitrogens is 1. The number of anilines is 3. The maximum atomic E-state index is 14.5. The lowest BCUT2D eigenvalue weighted by Gasteiger charge is -2.39. The van der Waals surface area contributed by atoms with Gasteiger partial charge in [-0.3, -0.25) is 29.6 Å². The Morgan fingerprint density at radius 2 is 1.48 bits per heavy atom. The second-order valence-electron chi connectivity index (χ2n) is 21.5. The smallest absolute Gasteiger partial charge is 0.380 e. The predicted octanol–water partition coefficient (Wildman–Crippen LogP) is 9.30. The van der Waals surface area contributed by atoms with Gasteiger partial charge in [-0.15, -0.1) is 11.8 Å². The fourth-order valence-electron chi connectivity index (χ4n) is 10.7. The average Bonchev–Trinajstić information content (AvgIpc) is 3.59. The van der Waals surface area contributed by atoms with Crippen LogP contribution in [0.5, 0.6) is 0 Å². The standard InChI is InChI=1S/C57H64ClF4N9O7S3/c1-56(2)21-18-49(39-8-12-43(58)13-9-39)42(34-56)37-69-28-30-70(31-29-69)46-14-10-40(11-15-46)54(73)66-81(77,78)48-16-17-50(51(33-48)80(75,76)57(60,61)62)64-45(38-79-47-6-4-3-5-7-47)19-22-67-24-26-68(27-25-67)36-41-32-44(59)35-63-53(41)71-23-20-52(72)65-55(71)74/h3-17,32-33,35,45,64H,18-31,34,36-38H2,1-2H3,(H,66,73)(H,65,72,74)/t45-/m1/s1. The first-order valence-corrected chi connectivity index (χ1v) is 31.0. The SMILES string of the molecule is CC1(C)CCC(c2ccc(Cl)cc2)=C(CN2CCN(c3ccc(C(=O)NS(=O)(=O)c4ccc(N[C@H](CCN5CCN(Cc6cc(F)cnc6N6CCC(=O)NC6=O)CC5)CSc5ccccc5)c(S(=O)(=O)C(F)(F)F)c4)cc3)CC2)C1. The van der Waals surface area contributed by atoms with E-state index in [1.807, 2.05) is 47.2 Å². The number of imide groups is 1. The van der Waals surface area contributed by atoms with Crippen LogP contribution in [0.25, 0.3) is 5.57 Å². The van der Waals surface area contributed by atoms with Gasteiger partial charge in [0.15, 0.2) is 0 Å². The Kier molecular flexibility index (Phi) is 18.5. The van der Waals surface area contributed by atoms with Crippen LogP contribution < -0.4 is 25.2 Å². The van der Waals surface area contributed by atoms with Crippen LogP contribution in [-0.4, -0.2) is 144 Å². The molecule has 1 aromatic heterocycles. The number of nitrogens with one attached hydrogen (secondary N) is 3. The minimum atomic E-state index is -6.16. The average molecular weight is 1190 g/mol. The molecule has 0 bridgehead atoms. The van der Waals surface area contributed by atoms with Crippen molar-refractivity contribution in [3.63, 3.8) is 0 Å². The minimum absolute atomic E-state index is 0.0369. The van der Waals surface area contributed by atoms with Crippen LogP contribution in [-0.2, 0) is 31.2 Å². The molecule has 4 aromatic carbocycles. The summed E-state index contributed by atoms with van der Waals surface area (Å²) in [6, 6.07) is 25.9. The normalized spacial score (nSPS) is 18.4. The Balaban J connectivity index is 0.842. The number of amides is 4. The first-order valence-electron chi connectivity index (χ1n) is 26.7. The number of sulfone groups is 1. The molecule has 3 fully saturated rings. The first kappa shape index (κ1) is 59.5. The van der Waals surface area contributed by atoms with E-state index < -0.39 is 70.6 Å². The number of nitrogens with zero attached hydrogens (tertiary/aromatic N) is 6. The van der Waals surface area contributed by atoms with Crippen molar-refractivity contribution in [2.24, 2.45) is 5.41 Å². The van der Waals surface area contributed by atoms with Gasteiger partial charge in [-0.05, 0) is 115 Å². The Hall–Kier alpha value is -6.08. The van der Waals surface area contributed by atoms with Gasteiger partial charge in [-0.25, -0.2) is 35.7 Å². The van der Waals surface area contributed by atoms with E-state index in [1.54, 1.807) is 12.1 Å². The summed E-state index contributed by atoms with van der Waals surface area (Å²) in [5.41, 5.74) is -0.835. The number of halogens is 5. The maximum Gasteiger partial charge on any atom is 0.501 e. The molecule has 16 nitrogen and oxygen atoms in total. The van der Waals surface area contributed by atoms with Crippen LogP contribution in [0.2, 0.25) is 5.02 Å². The van der Waals surface area contributed by atoms with Gasteiger partial charge >= 0.3 is 11.5 Å². The zero-order valence-corrected chi connectivity index (χ0v) is 48.1. The van der Waals surface area contributed by atoms with Crippen molar-refractivity contribution < 1.29 is 48.8 Å². The molecule has 1 atom stereocenters. The highest BCUT2D eigenvalue weighted by molar-refractivity contribution is 7.99. The van der Waals surface area contributed by atoms with Crippen LogP contribution >= 0.6 is 23.4 Å². The fourth-order valence-corrected chi connectivity index (χ4v) is 13.8. The predicted molar refractivity (Wildman–Crippen MR) is 306 cm³/mol. The molecule has 4 amide bonds. The lowest BCUT2D eigenvalue weighted by molar-refractivity contribution is -0.120. The highest BCUT2D eigenvalue weighted by atomic mass is 35.5. The molecule has 9 rings (SSSR count). The van der Waals surface area contributed by atoms with E-state index in [9.17, 15) is 48.8 Å². The molecule has 81 heavy (non-hydrogen) atoms. The van der Waals surface area contributed by atoms with Crippen molar-refractivity contribution in [2.75, 3.05) is 92.9 Å². The van der Waals surface area contributed by atoms with Crippen molar-refractivity contribution in [3.05, 3.63) is 142 Å². The zero-order chi connectivity index (χ0) is 57.7. The zero-order valence-electron chi connectivity index (χ0n) is 44.9. The topological polar surface area (TPSA) is 185 Å². The number of piperazine rings is 2. The number of thioether (sulfide) groups is 1. The number of allylic oxidation sites excluding steroid dienone is 1. The van der Waals surface area contributed by atoms with Gasteiger partial charge < -0.3 is 15.1 Å². The summed E-state index contributed by atoms with van der Waals surface area (Å²) >= 11 is 7.60. The molecule has 0 unspecified atom stereocenters. The Bertz CT molecular complexity index is 3360. The molecule has 0 saturated carbocycles. The molecule has 4 aliphatic rings. The highest BCUT2D eigenvalue weighted by Crippen LogP contribution is 2.43. The van der Waals surface area contributed by atoms with E-state index in [4.69, 9.17) is 11.6 Å². The van der Waals surface area contributed by atoms with Crippen molar-refractivity contribution in [2.45, 2.75) is 78.7 Å². The Morgan fingerprint density at radius 1 is 0.815 bits per heavy atom. The summed E-state index contributed by atoms with van der Waals surface area (Å²) < 4.78 is 114. The molecule has 3 N–H and O–H groups in total. The molecule has 0 radical (unpaired) electrons. The Morgan fingerprint density at radius 3 is 2.16 bits per heavy atom. The van der Waals surface area contributed by atoms with Gasteiger partial charge in [-0.2, -0.15) is 13.2 Å². The number of pyridine rings is 1. The Labute approximate surface area is 479 Å². The van der Waals surface area contributed by atoms with E-state index in [0.29, 0.717) is 68.9 Å². The number of carbonyl (C=O) groups excluding carboxylic acids is 3. The summed E-state index contributed by atoms with van der Waals surface area (Å²) in [7, 11) is -11.1. The van der Waals surface area contributed by atoms with Crippen LogP contribution in [0.3, 0.4) is 0 Å². The van der Waals surface area contributed by atoms with Gasteiger partial charge in [-0.1, -0.05) is 61.4 Å². The summed E-state index contributed by atoms with van der Waals surface area (Å²) in [5.74, 6) is -1.54. The van der Waals surface area contributed by atoms with Crippen molar-refractivity contribution >= 4 is 83.8 Å². The molecule has 0 spiro atoms. The quantitative estimate of drug-likeness (QED) is 0.0525. The molecule has 24 heteroatoms. The molecule has 1 aliphatic carbocycles. The molecule has 3 aliphatic heterocycles. The number of benzene rings is 4.